The highest BCUT2D eigenvalue weighted by Gasteiger charge is 2.32. The summed E-state index contributed by atoms with van der Waals surface area (Å²) in [5.74, 6) is -0.0902. The van der Waals surface area contributed by atoms with Gasteiger partial charge in [0.05, 0.1) is 0 Å². The Labute approximate surface area is 166 Å². The molecule has 1 atom stereocenters. The Morgan fingerprint density at radius 1 is 1.21 bits per heavy atom. The van der Waals surface area contributed by atoms with Crippen LogP contribution in [0.4, 0.5) is 10.5 Å². The van der Waals surface area contributed by atoms with E-state index in [1.54, 1.807) is 24.5 Å². The molecule has 0 radical (unpaired) electrons. The minimum absolute atomic E-state index is 0.0902. The van der Waals surface area contributed by atoms with Crippen molar-refractivity contribution in [1.29, 1.82) is 0 Å². The van der Waals surface area contributed by atoms with Crippen molar-refractivity contribution >= 4 is 17.6 Å². The smallest absolute Gasteiger partial charge is 0.322 e. The van der Waals surface area contributed by atoms with Gasteiger partial charge < -0.3 is 15.5 Å². The number of hydrogen-bond donors (Lipinski definition) is 2. The van der Waals surface area contributed by atoms with E-state index in [2.05, 4.69) is 15.6 Å². The standard InChI is InChI=1S/C22H28N4O2/c1-4-16(3)24-21(27)18-5-8-20(15(2)13-18)25-22(28)26(19-6-7-19)14-17-9-11-23-12-10-17/h5,8-13,16,19H,4,6-7,14H2,1-3H3,(H,24,27)(H,25,28). The Kier molecular flexibility index (Phi) is 6.29. The highest BCUT2D eigenvalue weighted by atomic mass is 16.2. The molecule has 3 rings (SSSR count). The van der Waals surface area contributed by atoms with Gasteiger partial charge in [-0.15, -0.1) is 0 Å². The molecular formula is C22H28N4O2. The second-order valence-corrected chi connectivity index (χ2v) is 7.46. The van der Waals surface area contributed by atoms with Crippen molar-refractivity contribution in [1.82, 2.24) is 15.2 Å². The van der Waals surface area contributed by atoms with Gasteiger partial charge in [0.1, 0.15) is 0 Å². The summed E-state index contributed by atoms with van der Waals surface area (Å²) in [6, 6.07) is 9.54. The maximum atomic E-state index is 12.9. The van der Waals surface area contributed by atoms with Crippen molar-refractivity contribution in [3.05, 3.63) is 59.4 Å². The Morgan fingerprint density at radius 3 is 2.54 bits per heavy atom. The summed E-state index contributed by atoms with van der Waals surface area (Å²) in [6.45, 7) is 6.48. The van der Waals surface area contributed by atoms with Crippen molar-refractivity contribution in [2.75, 3.05) is 5.32 Å². The number of aromatic nitrogens is 1. The first kappa shape index (κ1) is 19.9. The predicted octanol–water partition coefficient (Wildman–Crippen LogP) is 4.11. The lowest BCUT2D eigenvalue weighted by Gasteiger charge is -2.23. The first-order valence-electron chi connectivity index (χ1n) is 9.86. The number of aryl methyl sites for hydroxylation is 1. The van der Waals surface area contributed by atoms with E-state index >= 15 is 0 Å². The Morgan fingerprint density at radius 2 is 1.93 bits per heavy atom. The highest BCUT2D eigenvalue weighted by molar-refractivity contribution is 5.96. The molecule has 1 aliphatic rings. The van der Waals surface area contributed by atoms with Crippen LogP contribution < -0.4 is 10.6 Å². The molecule has 2 aromatic rings. The van der Waals surface area contributed by atoms with Crippen molar-refractivity contribution in [2.24, 2.45) is 0 Å². The quantitative estimate of drug-likeness (QED) is 0.759. The fourth-order valence-corrected chi connectivity index (χ4v) is 2.98. The number of amides is 3. The van der Waals surface area contributed by atoms with E-state index in [-0.39, 0.29) is 24.0 Å². The van der Waals surface area contributed by atoms with Gasteiger partial charge in [0.2, 0.25) is 0 Å². The fourth-order valence-electron chi connectivity index (χ4n) is 2.98. The first-order valence-corrected chi connectivity index (χ1v) is 9.86. The van der Waals surface area contributed by atoms with Crippen LogP contribution in [-0.2, 0) is 6.54 Å². The molecule has 6 nitrogen and oxygen atoms in total. The van der Waals surface area contributed by atoms with Crippen LogP contribution in [0, 0.1) is 6.92 Å². The second kappa shape index (κ2) is 8.87. The first-order chi connectivity index (χ1) is 13.5. The molecule has 0 spiro atoms. The second-order valence-electron chi connectivity index (χ2n) is 7.46. The minimum Gasteiger partial charge on any atom is -0.350 e. The topological polar surface area (TPSA) is 74.3 Å². The molecule has 1 aromatic carbocycles. The molecule has 0 bridgehead atoms. The van der Waals surface area contributed by atoms with Crippen LogP contribution in [0.3, 0.4) is 0 Å². The summed E-state index contributed by atoms with van der Waals surface area (Å²) >= 11 is 0. The van der Waals surface area contributed by atoms with Crippen LogP contribution in [-0.4, -0.2) is 33.9 Å². The lowest BCUT2D eigenvalue weighted by atomic mass is 10.1. The maximum Gasteiger partial charge on any atom is 0.322 e. The van der Waals surface area contributed by atoms with E-state index < -0.39 is 0 Å². The monoisotopic (exact) mass is 380 g/mol. The van der Waals surface area contributed by atoms with Gasteiger partial charge >= 0.3 is 6.03 Å². The number of hydrogen-bond acceptors (Lipinski definition) is 3. The van der Waals surface area contributed by atoms with Crippen molar-refractivity contribution in [3.8, 4) is 0 Å². The average Bonchev–Trinajstić information content (AvgIpc) is 3.53. The van der Waals surface area contributed by atoms with E-state index in [1.165, 1.54) is 0 Å². The largest absolute Gasteiger partial charge is 0.350 e. The Bertz CT molecular complexity index is 834. The zero-order chi connectivity index (χ0) is 20.1. The van der Waals surface area contributed by atoms with Crippen molar-refractivity contribution in [3.63, 3.8) is 0 Å². The number of nitrogens with one attached hydrogen (secondary N) is 2. The third-order valence-electron chi connectivity index (χ3n) is 5.07. The molecule has 148 valence electrons. The molecule has 28 heavy (non-hydrogen) atoms. The number of carbonyl (C=O) groups is 2. The average molecular weight is 380 g/mol. The Balaban J connectivity index is 1.68. The van der Waals surface area contributed by atoms with E-state index in [4.69, 9.17) is 0 Å². The molecule has 1 aromatic heterocycles. The molecular weight excluding hydrogens is 352 g/mol. The molecule has 0 saturated heterocycles. The molecule has 6 heteroatoms. The number of nitrogens with zero attached hydrogens (tertiary/aromatic N) is 2. The van der Waals surface area contributed by atoms with Gasteiger partial charge in [0.25, 0.3) is 5.91 Å². The van der Waals surface area contributed by atoms with E-state index in [1.807, 2.05) is 43.9 Å². The van der Waals surface area contributed by atoms with Gasteiger partial charge in [0, 0.05) is 42.3 Å². The van der Waals surface area contributed by atoms with Gasteiger partial charge in [-0.05, 0) is 74.6 Å². The molecule has 0 aliphatic heterocycles. The molecule has 1 aliphatic carbocycles. The van der Waals surface area contributed by atoms with E-state index in [0.717, 1.165) is 36.1 Å². The summed E-state index contributed by atoms with van der Waals surface area (Å²) in [4.78, 5) is 31.1. The SMILES string of the molecule is CCC(C)NC(=O)c1ccc(NC(=O)N(Cc2ccncc2)C2CC2)c(C)c1. The van der Waals surface area contributed by atoms with Crippen molar-refractivity contribution in [2.45, 2.75) is 58.7 Å². The summed E-state index contributed by atoms with van der Waals surface area (Å²) in [7, 11) is 0. The number of urea groups is 1. The van der Waals surface area contributed by atoms with Crippen LogP contribution in [0.5, 0.6) is 0 Å². The van der Waals surface area contributed by atoms with Gasteiger partial charge in [-0.3, -0.25) is 9.78 Å². The third kappa shape index (κ3) is 5.09. The molecule has 1 fully saturated rings. The molecule has 3 amide bonds. The van der Waals surface area contributed by atoms with Crippen LogP contribution in [0.1, 0.15) is 54.6 Å². The van der Waals surface area contributed by atoms with Crippen LogP contribution >= 0.6 is 0 Å². The third-order valence-corrected chi connectivity index (χ3v) is 5.07. The number of pyridine rings is 1. The van der Waals surface area contributed by atoms with E-state index in [0.29, 0.717) is 12.1 Å². The maximum absolute atomic E-state index is 12.9. The van der Waals surface area contributed by atoms with Gasteiger partial charge in [-0.25, -0.2) is 4.79 Å². The predicted molar refractivity (Wildman–Crippen MR) is 110 cm³/mol. The summed E-state index contributed by atoms with van der Waals surface area (Å²) in [5.41, 5.74) is 3.26. The minimum atomic E-state index is -0.112. The lowest BCUT2D eigenvalue weighted by molar-refractivity contribution is 0.0939. The van der Waals surface area contributed by atoms with Crippen LogP contribution in [0.25, 0.3) is 0 Å². The van der Waals surface area contributed by atoms with Gasteiger partial charge in [0.15, 0.2) is 0 Å². The number of anilines is 1. The van der Waals surface area contributed by atoms with Crippen molar-refractivity contribution < 1.29 is 9.59 Å². The molecule has 1 heterocycles. The summed E-state index contributed by atoms with van der Waals surface area (Å²) in [6.07, 6.45) is 6.43. The Hall–Kier alpha value is -2.89. The number of rotatable bonds is 7. The molecule has 1 saturated carbocycles. The molecule has 1 unspecified atom stereocenters. The number of carbonyl (C=O) groups excluding carboxylic acids is 2. The zero-order valence-electron chi connectivity index (χ0n) is 16.7. The fraction of sp³-hybridized carbons (Fsp3) is 0.409. The van der Waals surface area contributed by atoms with Crippen LogP contribution in [0.15, 0.2) is 42.7 Å². The number of benzene rings is 1. The van der Waals surface area contributed by atoms with Gasteiger partial charge in [-0.2, -0.15) is 0 Å². The lowest BCUT2D eigenvalue weighted by Crippen LogP contribution is -2.36. The normalized spacial score (nSPS) is 14.2. The van der Waals surface area contributed by atoms with Gasteiger partial charge in [-0.1, -0.05) is 6.92 Å². The summed E-state index contributed by atoms with van der Waals surface area (Å²) in [5, 5.41) is 5.97. The summed E-state index contributed by atoms with van der Waals surface area (Å²) < 4.78 is 0. The molecule has 2 N–H and O–H groups in total. The zero-order valence-corrected chi connectivity index (χ0v) is 16.7. The highest BCUT2D eigenvalue weighted by Crippen LogP contribution is 2.29. The van der Waals surface area contributed by atoms with E-state index in [9.17, 15) is 9.59 Å². The van der Waals surface area contributed by atoms with Crippen LogP contribution in [0.2, 0.25) is 0 Å².